The molecule has 54 heavy (non-hydrogen) atoms. The van der Waals surface area contributed by atoms with Gasteiger partial charge in [0, 0.05) is 16.4 Å². The van der Waals surface area contributed by atoms with Crippen molar-refractivity contribution in [3.05, 3.63) is 120 Å². The Bertz CT molecular complexity index is 2620. The van der Waals surface area contributed by atoms with E-state index < -0.39 is 21.7 Å². The second kappa shape index (κ2) is 10.6. The number of esters is 2. The molecule has 0 amide bonds. The van der Waals surface area contributed by atoms with E-state index in [9.17, 15) is 9.59 Å². The van der Waals surface area contributed by atoms with Crippen LogP contribution in [0.5, 0.6) is 11.5 Å². The van der Waals surface area contributed by atoms with Crippen LogP contribution < -0.4 is 9.47 Å². The molecule has 2 saturated carbocycles. The van der Waals surface area contributed by atoms with Crippen LogP contribution in [0.4, 0.5) is 0 Å². The molecule has 4 bridgehead atoms. The highest BCUT2D eigenvalue weighted by molar-refractivity contribution is 5.93. The van der Waals surface area contributed by atoms with Gasteiger partial charge in [-0.05, 0) is 84.5 Å². The quantitative estimate of drug-likeness (QED) is 0.129. The monoisotopic (exact) mass is 714 g/mol. The zero-order valence-corrected chi connectivity index (χ0v) is 31.5. The summed E-state index contributed by atoms with van der Waals surface area (Å²) in [5.41, 5.74) is 4.21. The Morgan fingerprint density at radius 2 is 0.926 bits per heavy atom. The topological polar surface area (TPSA) is 104 Å². The molecule has 4 aliphatic carbocycles. The average Bonchev–Trinajstić information content (AvgIpc) is 3.64. The summed E-state index contributed by atoms with van der Waals surface area (Å²) in [6, 6.07) is 30.7. The summed E-state index contributed by atoms with van der Waals surface area (Å²) in [6.45, 7) is 13.0. The van der Waals surface area contributed by atoms with Gasteiger partial charge < -0.3 is 9.47 Å². The molecule has 4 atom stereocenters. The SMILES string of the molecule is CC12CCC(C(=O)Oc3ccc(OC(=O)C45CCC(C)(c6nc7ccccc7nc64)C5(C)C)c(-c4ccccc4)c3)(c3nc4ccccc4nc31)C2(C)C. The maximum absolute atomic E-state index is 14.9. The third-order valence-electron chi connectivity index (χ3n) is 15.0. The maximum atomic E-state index is 14.9. The predicted molar refractivity (Wildman–Crippen MR) is 206 cm³/mol. The molecule has 6 aromatic rings. The molecule has 8 heteroatoms. The zero-order chi connectivity index (χ0) is 37.5. The largest absolute Gasteiger partial charge is 0.426 e. The number of rotatable bonds is 5. The first-order valence-electron chi connectivity index (χ1n) is 19.0. The smallest absolute Gasteiger partial charge is 0.324 e. The number of hydrogen-bond acceptors (Lipinski definition) is 8. The molecule has 0 spiro atoms. The van der Waals surface area contributed by atoms with Crippen LogP contribution in [0, 0.1) is 10.8 Å². The van der Waals surface area contributed by atoms with Crippen LogP contribution in [0.2, 0.25) is 0 Å². The van der Waals surface area contributed by atoms with Gasteiger partial charge >= 0.3 is 11.9 Å². The molecule has 0 aliphatic heterocycles. The summed E-state index contributed by atoms with van der Waals surface area (Å²) in [7, 11) is 0. The number of ether oxygens (including phenoxy) is 2. The minimum atomic E-state index is -0.992. The van der Waals surface area contributed by atoms with Crippen molar-refractivity contribution in [2.75, 3.05) is 0 Å². The van der Waals surface area contributed by atoms with Gasteiger partial charge in [0.1, 0.15) is 22.3 Å². The van der Waals surface area contributed by atoms with Crippen LogP contribution in [-0.4, -0.2) is 31.9 Å². The molecular weight excluding hydrogens is 673 g/mol. The highest BCUT2D eigenvalue weighted by Crippen LogP contribution is 2.71. The van der Waals surface area contributed by atoms with Crippen molar-refractivity contribution in [1.29, 1.82) is 0 Å². The molecule has 2 heterocycles. The third kappa shape index (κ3) is 3.78. The normalized spacial score (nSPS) is 27.9. The standard InChI is InChI=1S/C46H42N4O4/c1-41(2)43(5)22-24-45(41,37-35(43)47-30-16-10-12-18-32(30)49-37)39(51)53-28-20-21-34(29(26-28)27-14-8-7-9-15-27)54-40(52)46-25-23-44(6,42(46,3)4)36-38(46)50-33-19-13-11-17-31(33)48-36/h7-21,26H,22-25H2,1-6H3. The highest BCUT2D eigenvalue weighted by atomic mass is 16.5. The van der Waals surface area contributed by atoms with Gasteiger partial charge in [0.2, 0.25) is 0 Å². The summed E-state index contributed by atoms with van der Waals surface area (Å²) >= 11 is 0. The van der Waals surface area contributed by atoms with Gasteiger partial charge in [0.15, 0.2) is 0 Å². The first-order chi connectivity index (χ1) is 25.8. The average molecular weight is 715 g/mol. The Morgan fingerprint density at radius 1 is 0.500 bits per heavy atom. The Labute approximate surface area is 314 Å². The van der Waals surface area contributed by atoms with E-state index in [1.807, 2.05) is 84.9 Å². The molecule has 4 aliphatic rings. The van der Waals surface area contributed by atoms with Crippen LogP contribution >= 0.6 is 0 Å². The molecule has 270 valence electrons. The summed E-state index contributed by atoms with van der Waals surface area (Å²) in [5.74, 6) is 0.0702. The van der Waals surface area contributed by atoms with Crippen LogP contribution in [0.3, 0.4) is 0 Å². The number of carbonyl (C=O) groups excluding carboxylic acids is 2. The number of aromatic nitrogens is 4. The van der Waals surface area contributed by atoms with Crippen molar-refractivity contribution >= 4 is 34.0 Å². The lowest BCUT2D eigenvalue weighted by Gasteiger charge is -2.39. The van der Waals surface area contributed by atoms with Crippen LogP contribution in [0.15, 0.2) is 97.1 Å². The molecule has 10 rings (SSSR count). The van der Waals surface area contributed by atoms with Crippen molar-refractivity contribution in [3.8, 4) is 22.6 Å². The Hall–Kier alpha value is -5.50. The number of hydrogen-bond donors (Lipinski definition) is 0. The first-order valence-corrected chi connectivity index (χ1v) is 19.0. The highest BCUT2D eigenvalue weighted by Gasteiger charge is 2.75. The van der Waals surface area contributed by atoms with Crippen LogP contribution in [0.25, 0.3) is 33.2 Å². The van der Waals surface area contributed by atoms with E-state index in [0.29, 0.717) is 29.9 Å². The molecule has 4 aromatic carbocycles. The number of nitrogens with zero attached hydrogens (tertiary/aromatic N) is 4. The Balaban J connectivity index is 1.04. The molecule has 4 unspecified atom stereocenters. The van der Waals surface area contributed by atoms with Crippen molar-refractivity contribution in [3.63, 3.8) is 0 Å². The van der Waals surface area contributed by atoms with Crippen molar-refractivity contribution in [1.82, 2.24) is 19.9 Å². The fraction of sp³-hybridized carbons (Fsp3) is 0.348. The third-order valence-corrected chi connectivity index (χ3v) is 15.0. The van der Waals surface area contributed by atoms with Crippen molar-refractivity contribution in [2.24, 2.45) is 10.8 Å². The molecular formula is C46H42N4O4. The van der Waals surface area contributed by atoms with E-state index in [-0.39, 0.29) is 22.8 Å². The minimum absolute atomic E-state index is 0.343. The van der Waals surface area contributed by atoms with Gasteiger partial charge in [0.05, 0.1) is 44.8 Å². The second-order valence-corrected chi connectivity index (χ2v) is 17.3. The van der Waals surface area contributed by atoms with Gasteiger partial charge in [-0.2, -0.15) is 0 Å². The summed E-state index contributed by atoms with van der Waals surface area (Å²) in [4.78, 5) is 50.0. The van der Waals surface area contributed by atoms with E-state index in [1.54, 1.807) is 12.1 Å². The molecule has 0 N–H and O–H groups in total. The molecule has 2 fully saturated rings. The lowest BCUT2D eigenvalue weighted by molar-refractivity contribution is -0.146. The van der Waals surface area contributed by atoms with Gasteiger partial charge in [-0.3, -0.25) is 9.59 Å². The zero-order valence-electron chi connectivity index (χ0n) is 31.5. The Morgan fingerprint density at radius 3 is 1.41 bits per heavy atom. The van der Waals surface area contributed by atoms with E-state index in [1.165, 1.54) is 0 Å². The minimum Gasteiger partial charge on any atom is -0.426 e. The molecule has 8 nitrogen and oxygen atoms in total. The van der Waals surface area contributed by atoms with E-state index in [4.69, 9.17) is 29.4 Å². The predicted octanol–water partition coefficient (Wildman–Crippen LogP) is 9.11. The van der Waals surface area contributed by atoms with Gasteiger partial charge in [-0.1, -0.05) is 96.1 Å². The number of benzene rings is 4. The van der Waals surface area contributed by atoms with E-state index >= 15 is 0 Å². The fourth-order valence-electron chi connectivity index (χ4n) is 10.9. The van der Waals surface area contributed by atoms with Gasteiger partial charge in [-0.15, -0.1) is 0 Å². The summed E-state index contributed by atoms with van der Waals surface area (Å²) in [5, 5.41) is 0. The summed E-state index contributed by atoms with van der Waals surface area (Å²) < 4.78 is 12.9. The maximum Gasteiger partial charge on any atom is 0.324 e. The Kier molecular flexibility index (Phi) is 6.49. The summed E-state index contributed by atoms with van der Waals surface area (Å²) in [6.07, 6.45) is 2.84. The van der Waals surface area contributed by atoms with Crippen molar-refractivity contribution < 1.29 is 19.1 Å². The van der Waals surface area contributed by atoms with Crippen molar-refractivity contribution in [2.45, 2.75) is 88.9 Å². The van der Waals surface area contributed by atoms with E-state index in [0.717, 1.165) is 63.2 Å². The fourth-order valence-corrected chi connectivity index (χ4v) is 10.9. The van der Waals surface area contributed by atoms with Crippen LogP contribution in [-0.2, 0) is 31.2 Å². The molecule has 2 aromatic heterocycles. The van der Waals surface area contributed by atoms with Crippen LogP contribution in [0.1, 0.15) is 90.0 Å². The number of carbonyl (C=O) groups is 2. The van der Waals surface area contributed by atoms with Gasteiger partial charge in [-0.25, -0.2) is 19.9 Å². The lowest BCUT2D eigenvalue weighted by atomic mass is 9.64. The van der Waals surface area contributed by atoms with Gasteiger partial charge in [0.25, 0.3) is 0 Å². The number of para-hydroxylation sites is 4. The lowest BCUT2D eigenvalue weighted by Crippen LogP contribution is -2.48. The molecule has 0 saturated heterocycles. The first kappa shape index (κ1) is 33.1. The second-order valence-electron chi connectivity index (χ2n) is 17.3. The molecule has 0 radical (unpaired) electrons. The number of fused-ring (bicyclic) bond motifs is 12. The van der Waals surface area contributed by atoms with E-state index in [2.05, 4.69) is 41.5 Å².